The van der Waals surface area contributed by atoms with Gasteiger partial charge in [0.15, 0.2) is 8.32 Å². The highest BCUT2D eigenvalue weighted by Crippen LogP contribution is 2.33. The molecule has 0 aromatic carbocycles. The lowest BCUT2D eigenvalue weighted by Crippen LogP contribution is -2.37. The molecule has 1 aliphatic heterocycles. The summed E-state index contributed by atoms with van der Waals surface area (Å²) in [7, 11) is -2.83. The third-order valence-electron chi connectivity index (χ3n) is 2.86. The van der Waals surface area contributed by atoms with Crippen LogP contribution in [-0.4, -0.2) is 16.6 Å². The van der Waals surface area contributed by atoms with E-state index < -0.39 is 16.6 Å². The summed E-state index contributed by atoms with van der Waals surface area (Å²) < 4.78 is 6.26. The zero-order chi connectivity index (χ0) is 10.8. The molecular weight excluding hydrogens is 204 g/mol. The standard InChI is InChI=1S/C11H24OSi2/c1-6-7-8-9-11-10-13(2,3)12-14(11,4)5/h10H,6-9H2,1-5H3. The average Bonchev–Trinajstić information content (AvgIpc) is 2.20. The van der Waals surface area contributed by atoms with Crippen molar-refractivity contribution >= 4 is 16.6 Å². The summed E-state index contributed by atoms with van der Waals surface area (Å²) in [6.07, 6.45) is 5.33. The first-order valence-electron chi connectivity index (χ1n) is 5.80. The second-order valence-electron chi connectivity index (χ2n) is 5.34. The Labute approximate surface area is 90.8 Å². The second-order valence-corrected chi connectivity index (χ2v) is 13.3. The maximum absolute atomic E-state index is 6.26. The van der Waals surface area contributed by atoms with Crippen LogP contribution in [0.3, 0.4) is 0 Å². The molecule has 0 amide bonds. The lowest BCUT2D eigenvalue weighted by Gasteiger charge is -2.24. The Morgan fingerprint density at radius 1 is 1.14 bits per heavy atom. The van der Waals surface area contributed by atoms with Gasteiger partial charge in [0.05, 0.1) is 0 Å². The number of allylic oxidation sites excluding steroid dienone is 1. The molecule has 0 spiro atoms. The van der Waals surface area contributed by atoms with E-state index >= 15 is 0 Å². The van der Waals surface area contributed by atoms with Gasteiger partial charge in [-0.15, -0.1) is 0 Å². The van der Waals surface area contributed by atoms with Gasteiger partial charge >= 0.3 is 0 Å². The molecule has 1 nitrogen and oxygen atoms in total. The van der Waals surface area contributed by atoms with Crippen molar-refractivity contribution in [2.75, 3.05) is 0 Å². The highest BCUT2D eigenvalue weighted by molar-refractivity contribution is 6.95. The number of hydrogen-bond donors (Lipinski definition) is 0. The van der Waals surface area contributed by atoms with Crippen molar-refractivity contribution < 1.29 is 4.12 Å². The summed E-state index contributed by atoms with van der Waals surface area (Å²) in [5.74, 6) is 0. The quantitative estimate of drug-likeness (QED) is 0.522. The van der Waals surface area contributed by atoms with Crippen LogP contribution in [0.1, 0.15) is 32.6 Å². The van der Waals surface area contributed by atoms with E-state index in [1.54, 1.807) is 5.20 Å². The van der Waals surface area contributed by atoms with Gasteiger partial charge in [0.2, 0.25) is 8.32 Å². The van der Waals surface area contributed by atoms with Crippen molar-refractivity contribution in [1.82, 2.24) is 0 Å². The van der Waals surface area contributed by atoms with Crippen LogP contribution in [0.2, 0.25) is 26.2 Å². The fourth-order valence-corrected chi connectivity index (χ4v) is 12.5. The zero-order valence-electron chi connectivity index (χ0n) is 10.3. The molecule has 82 valence electrons. The molecule has 0 aromatic heterocycles. The number of unbranched alkanes of at least 4 members (excludes halogenated alkanes) is 2. The summed E-state index contributed by atoms with van der Waals surface area (Å²) in [5.41, 5.74) is 2.51. The Balaban J connectivity index is 2.57. The third kappa shape index (κ3) is 3.07. The van der Waals surface area contributed by atoms with Crippen molar-refractivity contribution in [3.05, 3.63) is 10.9 Å². The van der Waals surface area contributed by atoms with Gasteiger partial charge in [0, 0.05) is 0 Å². The zero-order valence-corrected chi connectivity index (χ0v) is 12.3. The van der Waals surface area contributed by atoms with Crippen LogP contribution in [0.15, 0.2) is 10.9 Å². The second kappa shape index (κ2) is 4.33. The fraction of sp³-hybridized carbons (Fsp3) is 0.818. The first-order chi connectivity index (χ1) is 6.37. The van der Waals surface area contributed by atoms with Crippen molar-refractivity contribution in [3.8, 4) is 0 Å². The molecular formula is C11H24OSi2. The molecule has 14 heavy (non-hydrogen) atoms. The minimum absolute atomic E-state index is 1.30. The highest BCUT2D eigenvalue weighted by atomic mass is 28.4. The van der Waals surface area contributed by atoms with E-state index in [9.17, 15) is 0 Å². The average molecular weight is 228 g/mol. The normalized spacial score (nSPS) is 23.6. The molecule has 3 heteroatoms. The maximum atomic E-state index is 6.26. The molecule has 0 saturated heterocycles. The van der Waals surface area contributed by atoms with Gasteiger partial charge in [-0.1, -0.05) is 30.7 Å². The minimum atomic E-state index is -1.43. The molecule has 1 heterocycles. The van der Waals surface area contributed by atoms with E-state index in [-0.39, 0.29) is 0 Å². The topological polar surface area (TPSA) is 9.23 Å². The summed E-state index contributed by atoms with van der Waals surface area (Å²) in [6, 6.07) is 0. The number of rotatable bonds is 4. The molecule has 0 radical (unpaired) electrons. The SMILES string of the molecule is CCCCCC1=C[Si](C)(C)O[Si]1(C)C. The van der Waals surface area contributed by atoms with E-state index in [1.807, 2.05) is 0 Å². The van der Waals surface area contributed by atoms with Crippen molar-refractivity contribution in [2.45, 2.75) is 58.8 Å². The van der Waals surface area contributed by atoms with Crippen molar-refractivity contribution in [1.29, 1.82) is 0 Å². The van der Waals surface area contributed by atoms with E-state index in [2.05, 4.69) is 38.8 Å². The third-order valence-corrected chi connectivity index (χ3v) is 10.3. The van der Waals surface area contributed by atoms with Crippen LogP contribution in [0, 0.1) is 0 Å². The van der Waals surface area contributed by atoms with Crippen LogP contribution >= 0.6 is 0 Å². The first-order valence-corrected chi connectivity index (χ1v) is 11.7. The smallest absolute Gasteiger partial charge is 0.201 e. The molecule has 1 rings (SSSR count). The minimum Gasteiger partial charge on any atom is -0.449 e. The predicted molar refractivity (Wildman–Crippen MR) is 68.3 cm³/mol. The van der Waals surface area contributed by atoms with Crippen molar-refractivity contribution in [3.63, 3.8) is 0 Å². The fourth-order valence-electron chi connectivity index (χ4n) is 2.28. The van der Waals surface area contributed by atoms with Gasteiger partial charge in [-0.3, -0.25) is 0 Å². The largest absolute Gasteiger partial charge is 0.449 e. The van der Waals surface area contributed by atoms with Gasteiger partial charge < -0.3 is 4.12 Å². The predicted octanol–water partition coefficient (Wildman–Crippen LogP) is 4.01. The van der Waals surface area contributed by atoms with Crippen LogP contribution in [0.25, 0.3) is 0 Å². The summed E-state index contributed by atoms with van der Waals surface area (Å²) in [6.45, 7) is 11.6. The van der Waals surface area contributed by atoms with E-state index in [0.29, 0.717) is 0 Å². The Kier molecular flexibility index (Phi) is 3.77. The Hall–Kier alpha value is 0.134. The van der Waals surface area contributed by atoms with Crippen LogP contribution in [-0.2, 0) is 4.12 Å². The van der Waals surface area contributed by atoms with Crippen molar-refractivity contribution in [2.24, 2.45) is 0 Å². The lowest BCUT2D eigenvalue weighted by molar-refractivity contribution is 0.574. The van der Waals surface area contributed by atoms with Gasteiger partial charge in [-0.05, 0) is 39.0 Å². The Bertz CT molecular complexity index is 231. The van der Waals surface area contributed by atoms with E-state index in [4.69, 9.17) is 4.12 Å². The molecule has 0 aromatic rings. The van der Waals surface area contributed by atoms with Gasteiger partial charge in [0.25, 0.3) is 0 Å². The number of hydrogen-bond acceptors (Lipinski definition) is 1. The molecule has 0 N–H and O–H groups in total. The first kappa shape index (κ1) is 12.2. The molecule has 0 aliphatic carbocycles. The summed E-state index contributed by atoms with van der Waals surface area (Å²) in [5, 5.41) is 1.68. The Morgan fingerprint density at radius 2 is 1.79 bits per heavy atom. The van der Waals surface area contributed by atoms with Gasteiger partial charge in [-0.2, -0.15) is 0 Å². The lowest BCUT2D eigenvalue weighted by atomic mass is 10.2. The molecule has 0 unspecified atom stereocenters. The summed E-state index contributed by atoms with van der Waals surface area (Å²) in [4.78, 5) is 0. The van der Waals surface area contributed by atoms with E-state index in [0.717, 1.165) is 0 Å². The maximum Gasteiger partial charge on any atom is 0.201 e. The molecule has 1 aliphatic rings. The van der Waals surface area contributed by atoms with Crippen LogP contribution in [0.5, 0.6) is 0 Å². The van der Waals surface area contributed by atoms with Crippen LogP contribution < -0.4 is 0 Å². The highest BCUT2D eigenvalue weighted by Gasteiger charge is 2.41. The van der Waals surface area contributed by atoms with E-state index in [1.165, 1.54) is 25.7 Å². The van der Waals surface area contributed by atoms with Crippen LogP contribution in [0.4, 0.5) is 0 Å². The summed E-state index contributed by atoms with van der Waals surface area (Å²) >= 11 is 0. The molecule has 0 fully saturated rings. The molecule has 0 atom stereocenters. The van der Waals surface area contributed by atoms with Gasteiger partial charge in [0.1, 0.15) is 0 Å². The monoisotopic (exact) mass is 228 g/mol. The Morgan fingerprint density at radius 3 is 2.21 bits per heavy atom. The molecule has 0 saturated carbocycles. The molecule has 0 bridgehead atoms. The van der Waals surface area contributed by atoms with Gasteiger partial charge in [-0.25, -0.2) is 0 Å².